The van der Waals surface area contributed by atoms with Crippen LogP contribution in [0.4, 0.5) is 11.5 Å². The van der Waals surface area contributed by atoms with Crippen LogP contribution in [0.15, 0.2) is 12.3 Å². The first-order valence-electron chi connectivity index (χ1n) is 6.68. The van der Waals surface area contributed by atoms with E-state index in [1.807, 2.05) is 7.05 Å². The third-order valence-corrected chi connectivity index (χ3v) is 3.41. The molecule has 0 spiro atoms. The molecular formula is C13H20N4O4. The zero-order valence-electron chi connectivity index (χ0n) is 12.4. The molecule has 0 aromatic carbocycles. The molecule has 0 aliphatic carbocycles. The van der Waals surface area contributed by atoms with E-state index >= 15 is 0 Å². The number of carbonyl (C=O) groups is 1. The van der Waals surface area contributed by atoms with E-state index in [1.54, 1.807) is 0 Å². The van der Waals surface area contributed by atoms with E-state index in [9.17, 15) is 14.9 Å². The number of rotatable bonds is 8. The molecule has 0 bridgehead atoms. The molecule has 21 heavy (non-hydrogen) atoms. The van der Waals surface area contributed by atoms with Crippen LogP contribution in [0.25, 0.3) is 0 Å². The summed E-state index contributed by atoms with van der Waals surface area (Å²) in [6.45, 7) is 5.42. The molecule has 0 aliphatic heterocycles. The molecule has 2 N–H and O–H groups in total. The van der Waals surface area contributed by atoms with Gasteiger partial charge in [0.15, 0.2) is 0 Å². The summed E-state index contributed by atoms with van der Waals surface area (Å²) in [4.78, 5) is 27.1. The van der Waals surface area contributed by atoms with Crippen molar-refractivity contribution in [1.82, 2.24) is 9.88 Å². The van der Waals surface area contributed by atoms with Crippen LogP contribution in [0.2, 0.25) is 0 Å². The van der Waals surface area contributed by atoms with Crippen LogP contribution in [-0.2, 0) is 0 Å². The van der Waals surface area contributed by atoms with Gasteiger partial charge in [0.1, 0.15) is 17.6 Å². The molecule has 8 nitrogen and oxygen atoms in total. The number of carboxylic acids is 1. The van der Waals surface area contributed by atoms with Crippen molar-refractivity contribution in [3.8, 4) is 0 Å². The first kappa shape index (κ1) is 16.8. The number of hydrogen-bond acceptors (Lipinski definition) is 6. The van der Waals surface area contributed by atoms with Gasteiger partial charge in [0.25, 0.3) is 5.69 Å². The fourth-order valence-electron chi connectivity index (χ4n) is 1.74. The lowest BCUT2D eigenvalue weighted by Crippen LogP contribution is -2.33. The Balaban J connectivity index is 2.75. The van der Waals surface area contributed by atoms with Crippen molar-refractivity contribution in [3.05, 3.63) is 27.9 Å². The third kappa shape index (κ3) is 4.67. The Bertz CT molecular complexity index is 521. The Morgan fingerprint density at radius 2 is 2.29 bits per heavy atom. The smallest absolute Gasteiger partial charge is 0.339 e. The van der Waals surface area contributed by atoms with Crippen molar-refractivity contribution in [2.24, 2.45) is 0 Å². The Labute approximate surface area is 122 Å². The Kier molecular flexibility index (Phi) is 6.04. The summed E-state index contributed by atoms with van der Waals surface area (Å²) in [5.41, 5.74) is -0.537. The van der Waals surface area contributed by atoms with E-state index in [-0.39, 0.29) is 17.1 Å². The van der Waals surface area contributed by atoms with Crippen LogP contribution in [-0.4, -0.2) is 52.1 Å². The zero-order valence-corrected chi connectivity index (χ0v) is 12.4. The second-order valence-electron chi connectivity index (χ2n) is 4.82. The van der Waals surface area contributed by atoms with Crippen molar-refractivity contribution >= 4 is 17.5 Å². The lowest BCUT2D eigenvalue weighted by molar-refractivity contribution is -0.385. The number of nitrogens with one attached hydrogen (secondary N) is 1. The summed E-state index contributed by atoms with van der Waals surface area (Å²) in [5, 5.41) is 22.7. The van der Waals surface area contributed by atoms with Crippen LogP contribution in [0, 0.1) is 10.1 Å². The summed E-state index contributed by atoms with van der Waals surface area (Å²) in [6.07, 6.45) is 2.07. The summed E-state index contributed by atoms with van der Waals surface area (Å²) in [5.74, 6) is -1.10. The summed E-state index contributed by atoms with van der Waals surface area (Å²) >= 11 is 0. The Hall–Kier alpha value is -2.22. The molecule has 0 fully saturated rings. The maximum atomic E-state index is 11.1. The van der Waals surface area contributed by atoms with Crippen LogP contribution in [0.3, 0.4) is 0 Å². The zero-order chi connectivity index (χ0) is 16.0. The number of nitrogens with zero attached hydrogens (tertiary/aromatic N) is 3. The largest absolute Gasteiger partial charge is 0.478 e. The molecule has 1 unspecified atom stereocenters. The van der Waals surface area contributed by atoms with Gasteiger partial charge in [0.2, 0.25) is 0 Å². The summed E-state index contributed by atoms with van der Waals surface area (Å²) < 4.78 is 0. The number of anilines is 1. The van der Waals surface area contributed by atoms with E-state index in [4.69, 9.17) is 5.11 Å². The molecule has 8 heteroatoms. The molecule has 1 aromatic heterocycles. The monoisotopic (exact) mass is 296 g/mol. The van der Waals surface area contributed by atoms with Crippen LogP contribution in [0.5, 0.6) is 0 Å². The van der Waals surface area contributed by atoms with Gasteiger partial charge in [-0.3, -0.25) is 10.1 Å². The number of carboxylic acid groups (broad SMARTS) is 1. The average molecular weight is 296 g/mol. The highest BCUT2D eigenvalue weighted by atomic mass is 16.6. The topological polar surface area (TPSA) is 109 Å². The van der Waals surface area contributed by atoms with Gasteiger partial charge in [-0.15, -0.1) is 0 Å². The molecule has 0 aliphatic rings. The van der Waals surface area contributed by atoms with Crippen molar-refractivity contribution in [1.29, 1.82) is 0 Å². The molecule has 1 aromatic rings. The van der Waals surface area contributed by atoms with Crippen LogP contribution < -0.4 is 5.32 Å². The van der Waals surface area contributed by atoms with Gasteiger partial charge in [-0.25, -0.2) is 9.78 Å². The molecule has 1 rings (SSSR count). The second kappa shape index (κ2) is 7.53. The quantitative estimate of drug-likeness (QED) is 0.556. The SMILES string of the molecule is CCC(C)N(C)CCNc1ncc([N+](=O)[O-])cc1C(=O)O. The normalized spacial score (nSPS) is 12.2. The fraction of sp³-hybridized carbons (Fsp3) is 0.538. The van der Waals surface area contributed by atoms with Crippen LogP contribution >= 0.6 is 0 Å². The van der Waals surface area contributed by atoms with Crippen molar-refractivity contribution in [2.45, 2.75) is 26.3 Å². The molecule has 1 atom stereocenters. The summed E-state index contributed by atoms with van der Waals surface area (Å²) in [6, 6.07) is 1.44. The minimum atomic E-state index is -1.25. The Morgan fingerprint density at radius 3 is 2.81 bits per heavy atom. The number of pyridine rings is 1. The number of likely N-dealkylation sites (N-methyl/N-ethyl adjacent to an activating group) is 1. The van der Waals surface area contributed by atoms with Crippen molar-refractivity contribution in [2.75, 3.05) is 25.5 Å². The van der Waals surface area contributed by atoms with Crippen molar-refractivity contribution in [3.63, 3.8) is 0 Å². The molecule has 0 saturated heterocycles. The van der Waals surface area contributed by atoms with Gasteiger partial charge in [-0.05, 0) is 20.4 Å². The molecular weight excluding hydrogens is 276 g/mol. The number of aromatic nitrogens is 1. The number of aromatic carboxylic acids is 1. The van der Waals surface area contributed by atoms with Gasteiger partial charge < -0.3 is 15.3 Å². The standard InChI is InChI=1S/C13H20N4O4/c1-4-9(2)16(3)6-5-14-12-11(13(18)19)7-10(8-15-12)17(20)21/h7-9H,4-6H2,1-3H3,(H,14,15)(H,18,19). The minimum Gasteiger partial charge on any atom is -0.478 e. The van der Waals surface area contributed by atoms with Gasteiger partial charge in [-0.2, -0.15) is 0 Å². The van der Waals surface area contributed by atoms with Crippen molar-refractivity contribution < 1.29 is 14.8 Å². The third-order valence-electron chi connectivity index (χ3n) is 3.41. The minimum absolute atomic E-state index is 0.144. The molecule has 1 heterocycles. The van der Waals surface area contributed by atoms with Crippen LogP contribution in [0.1, 0.15) is 30.6 Å². The highest BCUT2D eigenvalue weighted by molar-refractivity contribution is 5.93. The van der Waals surface area contributed by atoms with E-state index in [1.165, 1.54) is 0 Å². The van der Waals surface area contributed by atoms with Gasteiger partial charge >= 0.3 is 5.97 Å². The lowest BCUT2D eigenvalue weighted by atomic mass is 10.2. The van der Waals surface area contributed by atoms with Gasteiger partial charge in [-0.1, -0.05) is 6.92 Å². The molecule has 0 saturated carbocycles. The second-order valence-corrected chi connectivity index (χ2v) is 4.82. The first-order valence-corrected chi connectivity index (χ1v) is 6.68. The van der Waals surface area contributed by atoms with E-state index in [2.05, 4.69) is 29.0 Å². The maximum Gasteiger partial charge on any atom is 0.339 e. The predicted octanol–water partition coefficient (Wildman–Crippen LogP) is 1.83. The highest BCUT2D eigenvalue weighted by Crippen LogP contribution is 2.19. The molecule has 0 amide bonds. The van der Waals surface area contributed by atoms with E-state index in [0.29, 0.717) is 19.1 Å². The predicted molar refractivity (Wildman–Crippen MR) is 78.7 cm³/mol. The molecule has 116 valence electrons. The number of nitro groups is 1. The van der Waals surface area contributed by atoms with Gasteiger partial charge in [0.05, 0.1) is 4.92 Å². The average Bonchev–Trinajstić information content (AvgIpc) is 2.45. The van der Waals surface area contributed by atoms with Gasteiger partial charge in [0, 0.05) is 25.2 Å². The van der Waals surface area contributed by atoms with E-state index < -0.39 is 10.9 Å². The lowest BCUT2D eigenvalue weighted by Gasteiger charge is -2.23. The van der Waals surface area contributed by atoms with E-state index in [0.717, 1.165) is 18.7 Å². The Morgan fingerprint density at radius 1 is 1.62 bits per heavy atom. The first-order chi connectivity index (χ1) is 9.86. The number of hydrogen-bond donors (Lipinski definition) is 2. The molecule has 0 radical (unpaired) electrons. The maximum absolute atomic E-state index is 11.1. The summed E-state index contributed by atoms with van der Waals surface area (Å²) in [7, 11) is 1.98. The fourth-order valence-corrected chi connectivity index (χ4v) is 1.74. The highest BCUT2D eigenvalue weighted by Gasteiger charge is 2.17.